The van der Waals surface area contributed by atoms with Gasteiger partial charge in [-0.25, -0.2) is 0 Å². The van der Waals surface area contributed by atoms with Gasteiger partial charge in [-0.1, -0.05) is 42.5 Å². The van der Waals surface area contributed by atoms with E-state index in [1.807, 2.05) is 65.5 Å². The third kappa shape index (κ3) is 3.27. The fourth-order valence-corrected chi connectivity index (χ4v) is 3.16. The molecule has 134 valence electrons. The molecule has 27 heavy (non-hydrogen) atoms. The van der Waals surface area contributed by atoms with Gasteiger partial charge in [0.15, 0.2) is 0 Å². The van der Waals surface area contributed by atoms with Crippen molar-refractivity contribution in [1.82, 2.24) is 9.78 Å². The second kappa shape index (κ2) is 6.96. The molecular formula is C22H20N4O. The van der Waals surface area contributed by atoms with Crippen LogP contribution >= 0.6 is 0 Å². The number of fused-ring (bicyclic) bond motifs is 1. The van der Waals surface area contributed by atoms with E-state index in [1.165, 1.54) is 0 Å². The van der Waals surface area contributed by atoms with Crippen LogP contribution in [0.4, 0.5) is 11.4 Å². The van der Waals surface area contributed by atoms with Crippen LogP contribution in [0.2, 0.25) is 0 Å². The lowest BCUT2D eigenvalue weighted by atomic mass is 10.1. The molecule has 1 amide bonds. The van der Waals surface area contributed by atoms with E-state index in [2.05, 4.69) is 23.4 Å². The molecule has 3 aromatic carbocycles. The standard InChI is InChI=1S/C22H20N4O/c1-15(26-21-9-5-2-6-18(21)14-24-26)16-10-12-17(13-11-16)22(27)25-20-8-4-3-7-19(20)23/h2-15H,23H2,1H3,(H,25,27). The number of carbonyl (C=O) groups is 1. The number of hydrogen-bond donors (Lipinski definition) is 2. The van der Waals surface area contributed by atoms with Gasteiger partial charge in [-0.2, -0.15) is 5.10 Å². The molecule has 0 radical (unpaired) electrons. The number of nitrogen functional groups attached to an aromatic ring is 1. The highest BCUT2D eigenvalue weighted by Gasteiger charge is 2.13. The van der Waals surface area contributed by atoms with Crippen LogP contribution in [0.5, 0.6) is 0 Å². The summed E-state index contributed by atoms with van der Waals surface area (Å²) in [6, 6.07) is 23.0. The van der Waals surface area contributed by atoms with E-state index in [4.69, 9.17) is 5.73 Å². The first kappa shape index (κ1) is 16.8. The van der Waals surface area contributed by atoms with Gasteiger partial charge in [0.1, 0.15) is 0 Å². The lowest BCUT2D eigenvalue weighted by Crippen LogP contribution is -2.14. The minimum absolute atomic E-state index is 0.0618. The Morgan fingerprint density at radius 1 is 1.00 bits per heavy atom. The number of anilines is 2. The Balaban J connectivity index is 1.55. The quantitative estimate of drug-likeness (QED) is 0.530. The summed E-state index contributed by atoms with van der Waals surface area (Å²) in [5, 5.41) is 8.48. The molecule has 4 rings (SSSR count). The van der Waals surface area contributed by atoms with Crippen LogP contribution in [0.3, 0.4) is 0 Å². The second-order valence-corrected chi connectivity index (χ2v) is 6.49. The van der Waals surface area contributed by atoms with Gasteiger partial charge in [0.25, 0.3) is 5.91 Å². The second-order valence-electron chi connectivity index (χ2n) is 6.49. The third-order valence-electron chi connectivity index (χ3n) is 4.74. The summed E-state index contributed by atoms with van der Waals surface area (Å²) in [5.74, 6) is -0.184. The van der Waals surface area contributed by atoms with E-state index in [0.29, 0.717) is 16.9 Å². The molecule has 0 saturated carbocycles. The van der Waals surface area contributed by atoms with Crippen LogP contribution in [-0.2, 0) is 0 Å². The van der Waals surface area contributed by atoms with E-state index in [1.54, 1.807) is 12.1 Å². The van der Waals surface area contributed by atoms with Crippen molar-refractivity contribution in [3.05, 3.63) is 90.1 Å². The maximum absolute atomic E-state index is 12.5. The first-order chi connectivity index (χ1) is 13.1. The molecule has 0 aliphatic carbocycles. The van der Waals surface area contributed by atoms with Gasteiger partial charge in [-0.15, -0.1) is 0 Å². The van der Waals surface area contributed by atoms with Crippen molar-refractivity contribution in [2.75, 3.05) is 11.1 Å². The summed E-state index contributed by atoms with van der Waals surface area (Å²) in [7, 11) is 0. The summed E-state index contributed by atoms with van der Waals surface area (Å²) < 4.78 is 2.00. The number of aromatic nitrogens is 2. The number of amides is 1. The average molecular weight is 356 g/mol. The molecule has 5 heteroatoms. The Labute approximate surface area is 157 Å². The first-order valence-corrected chi connectivity index (χ1v) is 8.81. The first-order valence-electron chi connectivity index (χ1n) is 8.81. The van der Waals surface area contributed by atoms with Crippen molar-refractivity contribution in [3.63, 3.8) is 0 Å². The molecule has 0 spiro atoms. The predicted molar refractivity (Wildman–Crippen MR) is 109 cm³/mol. The zero-order valence-electron chi connectivity index (χ0n) is 15.0. The Hall–Kier alpha value is -3.60. The normalized spacial score (nSPS) is 12.0. The molecular weight excluding hydrogens is 336 g/mol. The minimum atomic E-state index is -0.184. The summed E-state index contributed by atoms with van der Waals surface area (Å²) in [6.07, 6.45) is 1.87. The van der Waals surface area contributed by atoms with Crippen LogP contribution in [0.15, 0.2) is 79.0 Å². The Bertz CT molecular complexity index is 1100. The Morgan fingerprint density at radius 3 is 2.48 bits per heavy atom. The molecule has 1 unspecified atom stereocenters. The highest BCUT2D eigenvalue weighted by Crippen LogP contribution is 2.24. The number of carbonyl (C=O) groups excluding carboxylic acids is 1. The smallest absolute Gasteiger partial charge is 0.255 e. The number of benzene rings is 3. The number of para-hydroxylation sites is 3. The maximum Gasteiger partial charge on any atom is 0.255 e. The monoisotopic (exact) mass is 356 g/mol. The van der Waals surface area contributed by atoms with Gasteiger partial charge in [-0.3, -0.25) is 9.48 Å². The number of nitrogens with two attached hydrogens (primary N) is 1. The van der Waals surface area contributed by atoms with Crippen LogP contribution in [0, 0.1) is 0 Å². The van der Waals surface area contributed by atoms with Crippen LogP contribution in [0.25, 0.3) is 10.9 Å². The van der Waals surface area contributed by atoms with Gasteiger partial charge in [0.05, 0.1) is 29.1 Å². The van der Waals surface area contributed by atoms with Crippen molar-refractivity contribution in [1.29, 1.82) is 0 Å². The van der Waals surface area contributed by atoms with E-state index >= 15 is 0 Å². The van der Waals surface area contributed by atoms with Crippen LogP contribution < -0.4 is 11.1 Å². The maximum atomic E-state index is 12.5. The highest BCUT2D eigenvalue weighted by atomic mass is 16.1. The van der Waals surface area contributed by atoms with Crippen molar-refractivity contribution < 1.29 is 4.79 Å². The molecule has 1 atom stereocenters. The molecule has 0 aliphatic heterocycles. The Morgan fingerprint density at radius 2 is 1.70 bits per heavy atom. The van der Waals surface area contributed by atoms with E-state index < -0.39 is 0 Å². The minimum Gasteiger partial charge on any atom is -0.397 e. The van der Waals surface area contributed by atoms with Crippen molar-refractivity contribution >= 4 is 28.2 Å². The summed E-state index contributed by atoms with van der Waals surface area (Å²) in [6.45, 7) is 2.10. The zero-order valence-corrected chi connectivity index (χ0v) is 15.0. The average Bonchev–Trinajstić information content (AvgIpc) is 3.13. The van der Waals surface area contributed by atoms with Gasteiger partial charge >= 0.3 is 0 Å². The van der Waals surface area contributed by atoms with E-state index in [9.17, 15) is 4.79 Å². The predicted octanol–water partition coefficient (Wildman–Crippen LogP) is 4.48. The topological polar surface area (TPSA) is 72.9 Å². The lowest BCUT2D eigenvalue weighted by Gasteiger charge is -2.15. The zero-order chi connectivity index (χ0) is 18.8. The highest BCUT2D eigenvalue weighted by molar-refractivity contribution is 6.05. The fourth-order valence-electron chi connectivity index (χ4n) is 3.16. The molecule has 4 aromatic rings. The molecule has 1 heterocycles. The molecule has 3 N–H and O–H groups in total. The van der Waals surface area contributed by atoms with Crippen LogP contribution in [-0.4, -0.2) is 15.7 Å². The van der Waals surface area contributed by atoms with Gasteiger partial charge in [0.2, 0.25) is 0 Å². The van der Waals surface area contributed by atoms with E-state index in [-0.39, 0.29) is 11.9 Å². The number of nitrogens with one attached hydrogen (secondary N) is 1. The Kier molecular flexibility index (Phi) is 4.34. The van der Waals surface area contributed by atoms with Crippen molar-refractivity contribution in [2.45, 2.75) is 13.0 Å². The lowest BCUT2D eigenvalue weighted by molar-refractivity contribution is 0.102. The van der Waals surface area contributed by atoms with Crippen molar-refractivity contribution in [3.8, 4) is 0 Å². The molecule has 0 aliphatic rings. The molecule has 0 fully saturated rings. The SMILES string of the molecule is CC(c1ccc(C(=O)Nc2ccccc2N)cc1)n1ncc2ccccc21. The summed E-state index contributed by atoms with van der Waals surface area (Å²) in [4.78, 5) is 12.5. The summed E-state index contributed by atoms with van der Waals surface area (Å²) >= 11 is 0. The molecule has 0 bridgehead atoms. The largest absolute Gasteiger partial charge is 0.397 e. The molecule has 5 nitrogen and oxygen atoms in total. The fraction of sp³-hybridized carbons (Fsp3) is 0.0909. The van der Waals surface area contributed by atoms with Gasteiger partial charge in [-0.05, 0) is 42.8 Å². The third-order valence-corrected chi connectivity index (χ3v) is 4.74. The van der Waals surface area contributed by atoms with Crippen molar-refractivity contribution in [2.24, 2.45) is 0 Å². The number of hydrogen-bond acceptors (Lipinski definition) is 3. The number of rotatable bonds is 4. The van der Waals surface area contributed by atoms with Gasteiger partial charge < -0.3 is 11.1 Å². The number of nitrogens with zero attached hydrogens (tertiary/aromatic N) is 2. The van der Waals surface area contributed by atoms with Crippen LogP contribution in [0.1, 0.15) is 28.9 Å². The van der Waals surface area contributed by atoms with E-state index in [0.717, 1.165) is 16.5 Å². The molecule has 0 saturated heterocycles. The summed E-state index contributed by atoms with van der Waals surface area (Å²) in [5.41, 5.74) is 9.80. The van der Waals surface area contributed by atoms with Gasteiger partial charge in [0, 0.05) is 10.9 Å². The molecule has 1 aromatic heterocycles.